The molecule has 0 aliphatic carbocycles. The maximum Gasteiger partial charge on any atom is 0.255 e. The van der Waals surface area contributed by atoms with Gasteiger partial charge in [-0.15, -0.1) is 0 Å². The SMILES string of the molecule is C[C@@H]1CN(C(=O)c2cccnc2)C[C@H](C)O1. The number of pyridine rings is 1. The van der Waals surface area contributed by atoms with Crippen LogP contribution in [0.3, 0.4) is 0 Å². The molecule has 16 heavy (non-hydrogen) atoms. The van der Waals surface area contributed by atoms with Gasteiger partial charge in [-0.3, -0.25) is 9.78 Å². The number of nitrogens with zero attached hydrogens (tertiary/aromatic N) is 2. The Morgan fingerprint density at radius 3 is 2.69 bits per heavy atom. The number of ether oxygens (including phenoxy) is 1. The Labute approximate surface area is 95.2 Å². The third-order valence-corrected chi connectivity index (χ3v) is 2.62. The van der Waals surface area contributed by atoms with Crippen LogP contribution in [0.1, 0.15) is 24.2 Å². The molecule has 1 aromatic rings. The van der Waals surface area contributed by atoms with Crippen LogP contribution >= 0.6 is 0 Å². The molecule has 0 radical (unpaired) electrons. The smallest absolute Gasteiger partial charge is 0.255 e. The molecule has 4 nitrogen and oxygen atoms in total. The molecule has 1 aliphatic heterocycles. The summed E-state index contributed by atoms with van der Waals surface area (Å²) in [4.78, 5) is 17.9. The molecule has 1 aromatic heterocycles. The van der Waals surface area contributed by atoms with Crippen molar-refractivity contribution in [2.45, 2.75) is 26.1 Å². The summed E-state index contributed by atoms with van der Waals surface area (Å²) in [5.41, 5.74) is 0.642. The molecule has 0 bridgehead atoms. The van der Waals surface area contributed by atoms with Crippen LogP contribution in [0.25, 0.3) is 0 Å². The molecule has 1 saturated heterocycles. The Morgan fingerprint density at radius 2 is 2.12 bits per heavy atom. The lowest BCUT2D eigenvalue weighted by atomic mass is 10.2. The second kappa shape index (κ2) is 4.61. The van der Waals surface area contributed by atoms with Crippen molar-refractivity contribution >= 4 is 5.91 Å². The average Bonchev–Trinajstić information content (AvgIpc) is 2.28. The minimum absolute atomic E-state index is 0.0371. The maximum atomic E-state index is 12.1. The third-order valence-electron chi connectivity index (χ3n) is 2.62. The van der Waals surface area contributed by atoms with E-state index in [4.69, 9.17) is 4.74 Å². The predicted molar refractivity (Wildman–Crippen MR) is 60.1 cm³/mol. The summed E-state index contributed by atoms with van der Waals surface area (Å²) in [7, 11) is 0. The number of aromatic nitrogens is 1. The van der Waals surface area contributed by atoms with E-state index in [0.717, 1.165) is 0 Å². The standard InChI is InChI=1S/C12H16N2O2/c1-9-7-14(8-10(2)16-9)12(15)11-4-3-5-13-6-11/h3-6,9-10H,7-8H2,1-2H3/t9-,10+. The van der Waals surface area contributed by atoms with E-state index in [2.05, 4.69) is 4.98 Å². The lowest BCUT2D eigenvalue weighted by Gasteiger charge is -2.35. The van der Waals surface area contributed by atoms with E-state index < -0.39 is 0 Å². The highest BCUT2D eigenvalue weighted by Gasteiger charge is 2.26. The Morgan fingerprint density at radius 1 is 1.44 bits per heavy atom. The fourth-order valence-electron chi connectivity index (χ4n) is 2.02. The average molecular weight is 220 g/mol. The van der Waals surface area contributed by atoms with Gasteiger partial charge in [0.15, 0.2) is 0 Å². The van der Waals surface area contributed by atoms with Crippen LogP contribution in [-0.2, 0) is 4.74 Å². The van der Waals surface area contributed by atoms with Crippen LogP contribution in [0.2, 0.25) is 0 Å². The van der Waals surface area contributed by atoms with Crippen molar-refractivity contribution in [2.24, 2.45) is 0 Å². The summed E-state index contributed by atoms with van der Waals surface area (Å²) in [6.07, 6.45) is 3.47. The summed E-state index contributed by atoms with van der Waals surface area (Å²) in [6, 6.07) is 3.57. The van der Waals surface area contributed by atoms with Crippen LogP contribution in [0.5, 0.6) is 0 Å². The molecular weight excluding hydrogens is 204 g/mol. The van der Waals surface area contributed by atoms with Gasteiger partial charge in [0.05, 0.1) is 17.8 Å². The van der Waals surface area contributed by atoms with E-state index in [1.54, 1.807) is 24.5 Å². The second-order valence-corrected chi connectivity index (χ2v) is 4.21. The van der Waals surface area contributed by atoms with Gasteiger partial charge in [-0.2, -0.15) is 0 Å². The zero-order chi connectivity index (χ0) is 11.5. The first-order valence-electron chi connectivity index (χ1n) is 5.51. The first kappa shape index (κ1) is 11.1. The monoisotopic (exact) mass is 220 g/mol. The van der Waals surface area contributed by atoms with Gasteiger partial charge in [-0.1, -0.05) is 0 Å². The van der Waals surface area contributed by atoms with Gasteiger partial charge in [0.25, 0.3) is 5.91 Å². The van der Waals surface area contributed by atoms with Crippen molar-refractivity contribution in [3.8, 4) is 0 Å². The molecule has 4 heteroatoms. The molecule has 1 amide bonds. The Hall–Kier alpha value is -1.42. The Balaban J connectivity index is 2.10. The summed E-state index contributed by atoms with van der Waals surface area (Å²) in [6.45, 7) is 5.27. The van der Waals surface area contributed by atoms with Crippen LogP contribution in [0, 0.1) is 0 Å². The minimum atomic E-state index is 0.0371. The van der Waals surface area contributed by atoms with Crippen LogP contribution in [0.15, 0.2) is 24.5 Å². The van der Waals surface area contributed by atoms with Gasteiger partial charge < -0.3 is 9.64 Å². The van der Waals surface area contributed by atoms with E-state index in [1.807, 2.05) is 18.7 Å². The van der Waals surface area contributed by atoms with E-state index in [-0.39, 0.29) is 18.1 Å². The van der Waals surface area contributed by atoms with Gasteiger partial charge in [0, 0.05) is 25.5 Å². The van der Waals surface area contributed by atoms with Crippen LogP contribution < -0.4 is 0 Å². The normalized spacial score (nSPS) is 25.5. The molecule has 0 spiro atoms. The predicted octanol–water partition coefficient (Wildman–Crippen LogP) is 1.33. The zero-order valence-electron chi connectivity index (χ0n) is 9.59. The van der Waals surface area contributed by atoms with Crippen molar-refractivity contribution in [1.82, 2.24) is 9.88 Å². The molecule has 2 rings (SSSR count). The fourth-order valence-corrected chi connectivity index (χ4v) is 2.02. The molecule has 86 valence electrons. The molecule has 0 aromatic carbocycles. The molecule has 2 heterocycles. The highest BCUT2D eigenvalue weighted by Crippen LogP contribution is 2.13. The Bertz CT molecular complexity index is 357. The molecule has 1 aliphatic rings. The van der Waals surface area contributed by atoms with Crippen LogP contribution in [0.4, 0.5) is 0 Å². The zero-order valence-corrected chi connectivity index (χ0v) is 9.59. The lowest BCUT2D eigenvalue weighted by Crippen LogP contribution is -2.48. The van der Waals surface area contributed by atoms with E-state index >= 15 is 0 Å². The fraction of sp³-hybridized carbons (Fsp3) is 0.500. The highest BCUT2D eigenvalue weighted by molar-refractivity contribution is 5.93. The maximum absolute atomic E-state index is 12.1. The topological polar surface area (TPSA) is 42.4 Å². The van der Waals surface area contributed by atoms with Crippen molar-refractivity contribution in [1.29, 1.82) is 0 Å². The number of amides is 1. The number of morpholine rings is 1. The van der Waals surface area contributed by atoms with E-state index in [1.165, 1.54) is 0 Å². The minimum Gasteiger partial charge on any atom is -0.372 e. The number of hydrogen-bond acceptors (Lipinski definition) is 3. The van der Waals surface area contributed by atoms with Gasteiger partial charge >= 0.3 is 0 Å². The number of carbonyl (C=O) groups is 1. The molecule has 1 fully saturated rings. The van der Waals surface area contributed by atoms with E-state index in [0.29, 0.717) is 18.7 Å². The highest BCUT2D eigenvalue weighted by atomic mass is 16.5. The quantitative estimate of drug-likeness (QED) is 0.717. The summed E-state index contributed by atoms with van der Waals surface area (Å²) >= 11 is 0. The third kappa shape index (κ3) is 2.39. The molecule has 0 saturated carbocycles. The molecular formula is C12H16N2O2. The first-order valence-corrected chi connectivity index (χ1v) is 5.51. The van der Waals surface area contributed by atoms with E-state index in [9.17, 15) is 4.79 Å². The van der Waals surface area contributed by atoms with Gasteiger partial charge in [-0.05, 0) is 26.0 Å². The lowest BCUT2D eigenvalue weighted by molar-refractivity contribution is -0.0586. The van der Waals surface area contributed by atoms with Crippen molar-refractivity contribution in [3.05, 3.63) is 30.1 Å². The number of carbonyl (C=O) groups excluding carboxylic acids is 1. The first-order chi connectivity index (χ1) is 7.66. The van der Waals surface area contributed by atoms with Crippen molar-refractivity contribution in [2.75, 3.05) is 13.1 Å². The van der Waals surface area contributed by atoms with Crippen LogP contribution in [-0.4, -0.2) is 41.1 Å². The second-order valence-electron chi connectivity index (χ2n) is 4.21. The van der Waals surface area contributed by atoms with Gasteiger partial charge in [0.1, 0.15) is 0 Å². The Kier molecular flexibility index (Phi) is 3.19. The largest absolute Gasteiger partial charge is 0.372 e. The van der Waals surface area contributed by atoms with Crippen molar-refractivity contribution < 1.29 is 9.53 Å². The number of hydrogen-bond donors (Lipinski definition) is 0. The van der Waals surface area contributed by atoms with Crippen molar-refractivity contribution in [3.63, 3.8) is 0 Å². The summed E-state index contributed by atoms with van der Waals surface area (Å²) in [5, 5.41) is 0. The van der Waals surface area contributed by atoms with Gasteiger partial charge in [0.2, 0.25) is 0 Å². The molecule has 2 atom stereocenters. The summed E-state index contributed by atoms with van der Waals surface area (Å²) < 4.78 is 5.59. The summed E-state index contributed by atoms with van der Waals surface area (Å²) in [5.74, 6) is 0.0371. The molecule has 0 unspecified atom stereocenters. The van der Waals surface area contributed by atoms with Gasteiger partial charge in [-0.25, -0.2) is 0 Å². The number of rotatable bonds is 1. The molecule has 0 N–H and O–H groups in total.